The quantitative estimate of drug-likeness (QED) is 0.216. The van der Waals surface area contributed by atoms with Gasteiger partial charge in [-0.3, -0.25) is 9.59 Å². The van der Waals surface area contributed by atoms with E-state index in [9.17, 15) is 34.2 Å². The Kier molecular flexibility index (Phi) is 10.2. The predicted molar refractivity (Wildman–Crippen MR) is 152 cm³/mol. The second kappa shape index (κ2) is 13.4. The van der Waals surface area contributed by atoms with Crippen LogP contribution in [0.3, 0.4) is 0 Å². The summed E-state index contributed by atoms with van der Waals surface area (Å²) in [6.45, 7) is 4.28. The van der Waals surface area contributed by atoms with Crippen LogP contribution in [0.4, 0.5) is 0 Å². The molecule has 0 bridgehead atoms. The van der Waals surface area contributed by atoms with Crippen molar-refractivity contribution in [2.24, 2.45) is 5.73 Å². The Hall–Kier alpha value is -4.61. The van der Waals surface area contributed by atoms with Gasteiger partial charge in [0.05, 0.1) is 5.56 Å². The molecule has 1 heterocycles. The number of carboxylic acid groups (broad SMARTS) is 2. The molecule has 11 heteroatoms. The van der Waals surface area contributed by atoms with Gasteiger partial charge in [0, 0.05) is 19.2 Å². The third-order valence-electron chi connectivity index (χ3n) is 7.17. The maximum Gasteiger partial charge on any atom is 0.360 e. The fourth-order valence-corrected chi connectivity index (χ4v) is 4.58. The Morgan fingerprint density at radius 3 is 2.02 bits per heavy atom. The van der Waals surface area contributed by atoms with Crippen LogP contribution < -0.4 is 5.73 Å². The lowest BCUT2D eigenvalue weighted by atomic mass is 9.86. The molecule has 5 N–H and O–H groups in total. The molecule has 0 unspecified atom stereocenters. The molecule has 42 heavy (non-hydrogen) atoms. The van der Waals surface area contributed by atoms with E-state index in [0.29, 0.717) is 0 Å². The largest absolute Gasteiger partial charge is 0.479 e. The maximum absolute atomic E-state index is 12.9. The van der Waals surface area contributed by atoms with Gasteiger partial charge in [0.25, 0.3) is 0 Å². The van der Waals surface area contributed by atoms with E-state index in [2.05, 4.69) is 6.08 Å². The third-order valence-corrected chi connectivity index (χ3v) is 7.17. The third kappa shape index (κ3) is 6.81. The molecular formula is C31H34N2O9. The van der Waals surface area contributed by atoms with Crippen LogP contribution in [0.15, 0.2) is 71.8 Å². The Morgan fingerprint density at radius 1 is 0.952 bits per heavy atom. The monoisotopic (exact) mass is 578 g/mol. The Balaban J connectivity index is 0.000000287. The molecule has 2 aromatic rings. The summed E-state index contributed by atoms with van der Waals surface area (Å²) in [5.41, 5.74) is 6.23. The van der Waals surface area contributed by atoms with Crippen molar-refractivity contribution in [1.29, 1.82) is 0 Å². The highest BCUT2D eigenvalue weighted by molar-refractivity contribution is 6.19. The standard InChI is InChI=1S/C20H18O8.C11H16N2O/c1-11-3-7-13(8-4-11)15(21)20(19(26)27,16(22)17(23)24)28-18(25)14-9-5-12(2)6-10-14;1-13-7-6-8-4-2-3-5-9(8)10(12)11(13)14/h3-10,16,22H,1-2H3,(H,23,24)(H,26,27);3,5,10H,2,4,6-7,12H2,1H3/t16-,20+;10-/m00/s1. The van der Waals surface area contributed by atoms with Gasteiger partial charge in [0.2, 0.25) is 17.8 Å². The number of carbonyl (C=O) groups is 5. The van der Waals surface area contributed by atoms with Gasteiger partial charge < -0.3 is 30.7 Å². The van der Waals surface area contributed by atoms with Gasteiger partial charge in [-0.1, -0.05) is 65.3 Å². The number of carboxylic acids is 2. The number of amides is 1. The van der Waals surface area contributed by atoms with Gasteiger partial charge in [-0.05, 0) is 50.8 Å². The fraction of sp³-hybridized carbons (Fsp3) is 0.323. The van der Waals surface area contributed by atoms with Crippen LogP contribution in [-0.4, -0.2) is 81.2 Å². The molecule has 1 aliphatic carbocycles. The predicted octanol–water partition coefficient (Wildman–Crippen LogP) is 2.43. The van der Waals surface area contributed by atoms with Gasteiger partial charge in [-0.15, -0.1) is 0 Å². The molecule has 3 atom stereocenters. The van der Waals surface area contributed by atoms with Crippen molar-refractivity contribution in [1.82, 2.24) is 4.90 Å². The fourth-order valence-electron chi connectivity index (χ4n) is 4.58. The minimum Gasteiger partial charge on any atom is -0.479 e. The number of hydrogen-bond donors (Lipinski definition) is 4. The lowest BCUT2D eigenvalue weighted by Gasteiger charge is -2.30. The van der Waals surface area contributed by atoms with E-state index in [1.54, 1.807) is 30.9 Å². The number of likely N-dealkylation sites (N-methyl/N-ethyl adjacent to an activating group) is 1. The summed E-state index contributed by atoms with van der Waals surface area (Å²) in [5, 5.41) is 28.9. The molecule has 0 spiro atoms. The van der Waals surface area contributed by atoms with E-state index in [1.807, 2.05) is 13.1 Å². The van der Waals surface area contributed by atoms with Crippen LogP contribution in [-0.2, 0) is 19.1 Å². The van der Waals surface area contributed by atoms with Crippen molar-refractivity contribution in [2.75, 3.05) is 13.6 Å². The molecule has 11 nitrogen and oxygen atoms in total. The van der Waals surface area contributed by atoms with Crippen molar-refractivity contribution in [2.45, 2.75) is 50.9 Å². The zero-order chi connectivity index (χ0) is 31.2. The second-order valence-corrected chi connectivity index (χ2v) is 10.2. The molecular weight excluding hydrogens is 544 g/mol. The van der Waals surface area contributed by atoms with E-state index in [0.717, 1.165) is 42.5 Å². The van der Waals surface area contributed by atoms with Gasteiger partial charge in [-0.25, -0.2) is 14.4 Å². The number of aryl methyl sites for hydroxylation is 2. The molecule has 0 fully saturated rings. The smallest absolute Gasteiger partial charge is 0.360 e. The van der Waals surface area contributed by atoms with E-state index in [-0.39, 0.29) is 17.0 Å². The normalized spacial score (nSPS) is 18.5. The number of nitrogens with two attached hydrogens (primary N) is 1. The minimum absolute atomic E-state index is 0.0431. The molecule has 0 saturated carbocycles. The van der Waals surface area contributed by atoms with E-state index in [1.165, 1.54) is 42.0 Å². The number of benzene rings is 2. The average molecular weight is 579 g/mol. The SMILES string of the molecule is CN1CCC2=C(C=CCC2)[C@H](N)C1=O.Cc1ccc(C(=O)O[C@](C(=O)O)(C(=O)c2ccc(C)cc2)[C@@H](O)C(=O)O)cc1. The van der Waals surface area contributed by atoms with Gasteiger partial charge in [0.1, 0.15) is 6.04 Å². The van der Waals surface area contributed by atoms with E-state index < -0.39 is 41.4 Å². The van der Waals surface area contributed by atoms with Crippen molar-refractivity contribution in [3.63, 3.8) is 0 Å². The van der Waals surface area contributed by atoms with E-state index >= 15 is 0 Å². The Bertz CT molecular complexity index is 1430. The lowest BCUT2D eigenvalue weighted by molar-refractivity contribution is -0.176. The number of aliphatic carboxylic acids is 2. The van der Waals surface area contributed by atoms with Crippen LogP contribution >= 0.6 is 0 Å². The molecule has 2 aliphatic rings. The molecule has 0 aromatic heterocycles. The zero-order valence-corrected chi connectivity index (χ0v) is 23.6. The van der Waals surface area contributed by atoms with Crippen molar-refractivity contribution in [3.05, 3.63) is 94.1 Å². The highest BCUT2D eigenvalue weighted by Crippen LogP contribution is 2.28. The summed E-state index contributed by atoms with van der Waals surface area (Å²) in [4.78, 5) is 62.1. The Labute approximate surface area is 242 Å². The summed E-state index contributed by atoms with van der Waals surface area (Å²) in [7, 11) is 1.82. The van der Waals surface area contributed by atoms with Crippen LogP contribution in [0, 0.1) is 13.8 Å². The number of aliphatic hydroxyl groups excluding tert-OH is 1. The average Bonchev–Trinajstić information content (AvgIpc) is 3.08. The second-order valence-electron chi connectivity index (χ2n) is 10.2. The first-order chi connectivity index (χ1) is 19.8. The van der Waals surface area contributed by atoms with Crippen LogP contribution in [0.5, 0.6) is 0 Å². The molecule has 1 aliphatic heterocycles. The number of Topliss-reactive ketones (excluding diaryl/α,β-unsaturated/α-hetero) is 1. The number of rotatable bonds is 7. The number of allylic oxidation sites excluding steroid dienone is 1. The zero-order valence-electron chi connectivity index (χ0n) is 23.6. The van der Waals surface area contributed by atoms with Gasteiger partial charge in [0.15, 0.2) is 0 Å². The lowest BCUT2D eigenvalue weighted by Crippen LogP contribution is -2.61. The van der Waals surface area contributed by atoms with Crippen molar-refractivity contribution >= 4 is 29.6 Å². The molecule has 0 saturated heterocycles. The molecule has 4 rings (SSSR count). The van der Waals surface area contributed by atoms with Crippen LogP contribution in [0.25, 0.3) is 0 Å². The number of ketones is 1. The van der Waals surface area contributed by atoms with Crippen LogP contribution in [0.2, 0.25) is 0 Å². The Morgan fingerprint density at radius 2 is 1.50 bits per heavy atom. The maximum atomic E-state index is 12.9. The van der Waals surface area contributed by atoms with E-state index in [4.69, 9.17) is 15.6 Å². The number of carbonyl (C=O) groups excluding carboxylic acids is 3. The first-order valence-electron chi connectivity index (χ1n) is 13.2. The summed E-state index contributed by atoms with van der Waals surface area (Å²) < 4.78 is 4.88. The number of aliphatic hydroxyl groups is 1. The minimum atomic E-state index is -3.36. The topological polar surface area (TPSA) is 185 Å². The first-order valence-corrected chi connectivity index (χ1v) is 13.2. The molecule has 222 valence electrons. The van der Waals surface area contributed by atoms with Crippen molar-refractivity contribution in [3.8, 4) is 0 Å². The first kappa shape index (κ1) is 31.9. The number of ether oxygens (including phenoxy) is 1. The summed E-state index contributed by atoms with van der Waals surface area (Å²) in [5.74, 6) is -6.71. The summed E-state index contributed by atoms with van der Waals surface area (Å²) in [6.07, 6.45) is 4.45. The molecule has 2 aromatic carbocycles. The number of esters is 1. The number of nitrogens with zero attached hydrogens (tertiary/aromatic N) is 1. The highest BCUT2D eigenvalue weighted by atomic mass is 16.6. The number of hydrogen-bond acceptors (Lipinski definition) is 8. The summed E-state index contributed by atoms with van der Waals surface area (Å²) >= 11 is 0. The molecule has 1 amide bonds. The van der Waals surface area contributed by atoms with Gasteiger partial charge >= 0.3 is 23.5 Å². The van der Waals surface area contributed by atoms with Crippen molar-refractivity contribution < 1.29 is 44.0 Å². The highest BCUT2D eigenvalue weighted by Gasteiger charge is 2.59. The van der Waals surface area contributed by atoms with Gasteiger partial charge in [-0.2, -0.15) is 0 Å². The molecule has 0 radical (unpaired) electrons. The van der Waals surface area contributed by atoms with Crippen LogP contribution in [0.1, 0.15) is 51.1 Å². The summed E-state index contributed by atoms with van der Waals surface area (Å²) in [6, 6.07) is 10.8.